The van der Waals surface area contributed by atoms with Gasteiger partial charge in [-0.1, -0.05) is 24.3 Å². The van der Waals surface area contributed by atoms with E-state index in [0.717, 1.165) is 0 Å². The summed E-state index contributed by atoms with van der Waals surface area (Å²) in [5.74, 6) is -0.0572. The van der Waals surface area contributed by atoms with Gasteiger partial charge < -0.3 is 0 Å². The lowest BCUT2D eigenvalue weighted by atomic mass is 10.3. The first-order chi connectivity index (χ1) is 5.72. The second-order valence-corrected chi connectivity index (χ2v) is 2.23. The molecule has 3 heteroatoms. The van der Waals surface area contributed by atoms with Gasteiger partial charge >= 0.3 is 0 Å². The number of hydroxylamine groups is 2. The van der Waals surface area contributed by atoms with E-state index in [1.54, 1.807) is 13.1 Å². The Morgan fingerprint density at radius 3 is 2.67 bits per heavy atom. The minimum atomic E-state index is -0.0572. The van der Waals surface area contributed by atoms with E-state index in [2.05, 4.69) is 0 Å². The average molecular weight is 169 g/mol. The van der Waals surface area contributed by atoms with E-state index < -0.39 is 0 Å². The molecule has 0 radical (unpaired) electrons. The van der Waals surface area contributed by atoms with E-state index in [1.807, 2.05) is 25.2 Å². The first-order valence-electron chi connectivity index (χ1n) is 3.80. The number of carbonyl (C=O) groups excluding carboxylic acids is 1. The van der Waals surface area contributed by atoms with Crippen LogP contribution in [0.5, 0.6) is 0 Å². The van der Waals surface area contributed by atoms with E-state index in [1.165, 1.54) is 12.2 Å². The van der Waals surface area contributed by atoms with Crippen LogP contribution in [-0.2, 0) is 9.63 Å². The molecule has 0 aliphatic rings. The number of hydrogen-bond acceptors (Lipinski definition) is 2. The number of allylic oxidation sites excluding steroid dienone is 3. The van der Waals surface area contributed by atoms with Gasteiger partial charge in [0.15, 0.2) is 0 Å². The van der Waals surface area contributed by atoms with Crippen LogP contribution >= 0.6 is 0 Å². The molecule has 0 heterocycles. The fourth-order valence-corrected chi connectivity index (χ4v) is 0.589. The standard InChI is InChI=1S/C9H15NO2/c1-4-5-6-7-8-9(11)10(2)12-3/h4-7H,8H2,1-3H3/b5-4+,7-6+. The van der Waals surface area contributed by atoms with Gasteiger partial charge in [0.25, 0.3) is 0 Å². The van der Waals surface area contributed by atoms with Gasteiger partial charge in [-0.2, -0.15) is 0 Å². The predicted octanol–water partition coefficient (Wildman–Crippen LogP) is 1.53. The molecular formula is C9H15NO2. The molecule has 0 aliphatic heterocycles. The first kappa shape index (κ1) is 10.9. The van der Waals surface area contributed by atoms with Crippen LogP contribution in [0.4, 0.5) is 0 Å². The van der Waals surface area contributed by atoms with Crippen LogP contribution in [0.1, 0.15) is 13.3 Å². The fourth-order valence-electron chi connectivity index (χ4n) is 0.589. The van der Waals surface area contributed by atoms with Crippen LogP contribution in [0, 0.1) is 0 Å². The molecule has 0 aromatic carbocycles. The monoisotopic (exact) mass is 169 g/mol. The second-order valence-electron chi connectivity index (χ2n) is 2.23. The molecule has 12 heavy (non-hydrogen) atoms. The van der Waals surface area contributed by atoms with Crippen molar-refractivity contribution >= 4 is 5.91 Å². The summed E-state index contributed by atoms with van der Waals surface area (Å²) in [6.07, 6.45) is 7.77. The van der Waals surface area contributed by atoms with Crippen molar-refractivity contribution in [1.82, 2.24) is 5.06 Å². The average Bonchev–Trinajstić information content (AvgIpc) is 2.10. The molecule has 0 bridgehead atoms. The highest BCUT2D eigenvalue weighted by Gasteiger charge is 2.03. The molecule has 0 aromatic rings. The molecule has 68 valence electrons. The topological polar surface area (TPSA) is 29.5 Å². The zero-order valence-corrected chi connectivity index (χ0v) is 7.78. The lowest BCUT2D eigenvalue weighted by Crippen LogP contribution is -2.24. The van der Waals surface area contributed by atoms with Crippen LogP contribution in [0.2, 0.25) is 0 Å². The molecule has 0 rings (SSSR count). The minimum Gasteiger partial charge on any atom is -0.275 e. The van der Waals surface area contributed by atoms with Gasteiger partial charge in [-0.25, -0.2) is 5.06 Å². The van der Waals surface area contributed by atoms with Crippen molar-refractivity contribution in [1.29, 1.82) is 0 Å². The molecule has 0 saturated heterocycles. The number of amides is 1. The summed E-state index contributed by atoms with van der Waals surface area (Å²) in [7, 11) is 3.05. The van der Waals surface area contributed by atoms with Crippen molar-refractivity contribution < 1.29 is 9.63 Å². The van der Waals surface area contributed by atoms with Crippen molar-refractivity contribution in [3.63, 3.8) is 0 Å². The van der Waals surface area contributed by atoms with Gasteiger partial charge in [0.2, 0.25) is 5.91 Å². The molecule has 0 unspecified atom stereocenters. The zero-order valence-electron chi connectivity index (χ0n) is 7.78. The van der Waals surface area contributed by atoms with Crippen LogP contribution in [-0.4, -0.2) is 25.1 Å². The number of hydrogen-bond donors (Lipinski definition) is 0. The number of rotatable bonds is 4. The summed E-state index contributed by atoms with van der Waals surface area (Å²) in [6.45, 7) is 1.92. The fraction of sp³-hybridized carbons (Fsp3) is 0.444. The normalized spacial score (nSPS) is 11.2. The maximum absolute atomic E-state index is 11.1. The maximum Gasteiger partial charge on any atom is 0.249 e. The largest absolute Gasteiger partial charge is 0.275 e. The van der Waals surface area contributed by atoms with Gasteiger partial charge in [0.05, 0.1) is 7.11 Å². The number of carbonyl (C=O) groups is 1. The van der Waals surface area contributed by atoms with E-state index in [0.29, 0.717) is 6.42 Å². The molecule has 1 amide bonds. The van der Waals surface area contributed by atoms with Gasteiger partial charge in [-0.05, 0) is 6.92 Å². The van der Waals surface area contributed by atoms with E-state index in [4.69, 9.17) is 4.84 Å². The molecule has 3 nitrogen and oxygen atoms in total. The summed E-state index contributed by atoms with van der Waals surface area (Å²) >= 11 is 0. The molecule has 0 aliphatic carbocycles. The molecule has 0 N–H and O–H groups in total. The third-order valence-corrected chi connectivity index (χ3v) is 1.36. The summed E-state index contributed by atoms with van der Waals surface area (Å²) < 4.78 is 0. The van der Waals surface area contributed by atoms with Crippen LogP contribution in [0.25, 0.3) is 0 Å². The Bertz CT molecular complexity index is 185. The van der Waals surface area contributed by atoms with Crippen molar-refractivity contribution in [2.75, 3.05) is 14.2 Å². The molecule has 0 spiro atoms. The Morgan fingerprint density at radius 1 is 1.50 bits per heavy atom. The van der Waals surface area contributed by atoms with Crippen molar-refractivity contribution in [3.05, 3.63) is 24.3 Å². The van der Waals surface area contributed by atoms with Crippen molar-refractivity contribution in [3.8, 4) is 0 Å². The zero-order chi connectivity index (χ0) is 9.40. The molecule has 0 atom stereocenters. The number of nitrogens with zero attached hydrogens (tertiary/aromatic N) is 1. The second kappa shape index (κ2) is 6.61. The molecular weight excluding hydrogens is 154 g/mol. The summed E-state index contributed by atoms with van der Waals surface area (Å²) in [5, 5.41) is 1.21. The smallest absolute Gasteiger partial charge is 0.249 e. The van der Waals surface area contributed by atoms with Crippen LogP contribution in [0.15, 0.2) is 24.3 Å². The summed E-state index contributed by atoms with van der Waals surface area (Å²) in [4.78, 5) is 15.8. The highest BCUT2D eigenvalue weighted by atomic mass is 16.7. The predicted molar refractivity (Wildman–Crippen MR) is 48.4 cm³/mol. The third kappa shape index (κ3) is 4.68. The Morgan fingerprint density at radius 2 is 2.17 bits per heavy atom. The van der Waals surface area contributed by atoms with Gasteiger partial charge in [-0.3, -0.25) is 9.63 Å². The van der Waals surface area contributed by atoms with Crippen LogP contribution in [0.3, 0.4) is 0 Å². The summed E-state index contributed by atoms with van der Waals surface area (Å²) in [6, 6.07) is 0. The quantitative estimate of drug-likeness (QED) is 0.472. The Kier molecular flexibility index (Phi) is 6.01. The first-order valence-corrected chi connectivity index (χ1v) is 3.80. The lowest BCUT2D eigenvalue weighted by molar-refractivity contribution is -0.167. The van der Waals surface area contributed by atoms with Gasteiger partial charge in [0.1, 0.15) is 0 Å². The van der Waals surface area contributed by atoms with Crippen molar-refractivity contribution in [2.45, 2.75) is 13.3 Å². The molecule has 0 saturated carbocycles. The van der Waals surface area contributed by atoms with Gasteiger partial charge in [-0.15, -0.1) is 0 Å². The minimum absolute atomic E-state index is 0.0572. The Balaban J connectivity index is 3.70. The SMILES string of the molecule is C/C=C/C=C/CC(=O)N(C)OC. The van der Waals surface area contributed by atoms with E-state index >= 15 is 0 Å². The van der Waals surface area contributed by atoms with Crippen molar-refractivity contribution in [2.24, 2.45) is 0 Å². The summed E-state index contributed by atoms with van der Waals surface area (Å²) in [5.41, 5.74) is 0. The van der Waals surface area contributed by atoms with Crippen LogP contribution < -0.4 is 0 Å². The molecule has 0 aromatic heterocycles. The maximum atomic E-state index is 11.1. The van der Waals surface area contributed by atoms with E-state index in [-0.39, 0.29) is 5.91 Å². The lowest BCUT2D eigenvalue weighted by Gasteiger charge is -2.11. The Labute approximate surface area is 73.3 Å². The molecule has 0 fully saturated rings. The Hall–Kier alpha value is -1.09. The van der Waals surface area contributed by atoms with E-state index in [9.17, 15) is 4.79 Å². The third-order valence-electron chi connectivity index (χ3n) is 1.36. The highest BCUT2D eigenvalue weighted by molar-refractivity contribution is 5.76. The highest BCUT2D eigenvalue weighted by Crippen LogP contribution is 1.92. The van der Waals surface area contributed by atoms with Gasteiger partial charge in [0, 0.05) is 13.5 Å².